The van der Waals surface area contributed by atoms with Crippen molar-refractivity contribution in [3.05, 3.63) is 24.3 Å². The van der Waals surface area contributed by atoms with E-state index in [4.69, 9.17) is 4.79 Å². The van der Waals surface area contributed by atoms with Gasteiger partial charge in [-0.1, -0.05) is 31.9 Å². The molecule has 15 heavy (non-hydrogen) atoms. The van der Waals surface area contributed by atoms with E-state index < -0.39 is 0 Å². The van der Waals surface area contributed by atoms with Gasteiger partial charge < -0.3 is 15.2 Å². The number of hydrogen-bond donors (Lipinski definition) is 2. The van der Waals surface area contributed by atoms with Gasteiger partial charge in [0.15, 0.2) is 0 Å². The standard InChI is InChI=1S/C11H17NO.CH2O/c1-2-3-6-9-12-10-7-4-5-8-11(10)13;1-2/h4-5,7-8,12-13H,2-3,6,9H2,1H3;1H2. The van der Waals surface area contributed by atoms with E-state index in [1.165, 1.54) is 12.8 Å². The Bertz CT molecular complexity index is 264. The van der Waals surface area contributed by atoms with Gasteiger partial charge in [-0.15, -0.1) is 0 Å². The molecule has 84 valence electrons. The molecule has 0 saturated carbocycles. The number of unbranched alkanes of at least 4 members (excludes halogenated alkanes) is 2. The summed E-state index contributed by atoms with van der Waals surface area (Å²) in [6.45, 7) is 5.12. The fraction of sp³-hybridized carbons (Fsp3) is 0.417. The van der Waals surface area contributed by atoms with Crippen molar-refractivity contribution in [1.82, 2.24) is 0 Å². The van der Waals surface area contributed by atoms with Crippen LogP contribution in [0.2, 0.25) is 0 Å². The van der Waals surface area contributed by atoms with E-state index in [9.17, 15) is 5.11 Å². The summed E-state index contributed by atoms with van der Waals surface area (Å²) in [6.07, 6.45) is 3.62. The molecule has 0 aromatic heterocycles. The van der Waals surface area contributed by atoms with Gasteiger partial charge in [0.2, 0.25) is 0 Å². The number of carbonyl (C=O) groups excluding carboxylic acids is 1. The molecule has 1 aromatic carbocycles. The Labute approximate surface area is 91.1 Å². The summed E-state index contributed by atoms with van der Waals surface area (Å²) in [5, 5.41) is 12.6. The third kappa shape index (κ3) is 5.73. The van der Waals surface area contributed by atoms with E-state index in [2.05, 4.69) is 12.2 Å². The SMILES string of the molecule is C=O.CCCCCNc1ccccc1O. The Morgan fingerprint density at radius 2 is 1.93 bits per heavy atom. The van der Waals surface area contributed by atoms with Gasteiger partial charge in [-0.05, 0) is 18.6 Å². The largest absolute Gasteiger partial charge is 0.506 e. The minimum absolute atomic E-state index is 0.332. The lowest BCUT2D eigenvalue weighted by molar-refractivity contribution is -0.0979. The lowest BCUT2D eigenvalue weighted by Gasteiger charge is -2.06. The predicted molar refractivity (Wildman–Crippen MR) is 63.2 cm³/mol. The van der Waals surface area contributed by atoms with Crippen LogP contribution in [0.1, 0.15) is 26.2 Å². The van der Waals surface area contributed by atoms with Crippen LogP contribution in [0.4, 0.5) is 5.69 Å². The lowest BCUT2D eigenvalue weighted by atomic mass is 10.2. The van der Waals surface area contributed by atoms with Crippen LogP contribution in [0.5, 0.6) is 5.75 Å². The minimum atomic E-state index is 0.332. The summed E-state index contributed by atoms with van der Waals surface area (Å²) in [7, 11) is 0. The zero-order valence-corrected chi connectivity index (χ0v) is 9.20. The molecule has 0 amide bonds. The average Bonchev–Trinajstić information content (AvgIpc) is 2.29. The Kier molecular flexibility index (Phi) is 8.15. The second-order valence-corrected chi connectivity index (χ2v) is 3.15. The van der Waals surface area contributed by atoms with Crippen LogP contribution >= 0.6 is 0 Å². The van der Waals surface area contributed by atoms with Crippen molar-refractivity contribution in [3.8, 4) is 5.75 Å². The van der Waals surface area contributed by atoms with Crippen LogP contribution in [0.15, 0.2) is 24.3 Å². The minimum Gasteiger partial charge on any atom is -0.506 e. The van der Waals surface area contributed by atoms with Gasteiger partial charge in [0.05, 0.1) is 5.69 Å². The van der Waals surface area contributed by atoms with Gasteiger partial charge in [0.25, 0.3) is 0 Å². The van der Waals surface area contributed by atoms with Crippen molar-refractivity contribution in [2.24, 2.45) is 0 Å². The number of carbonyl (C=O) groups is 1. The quantitative estimate of drug-likeness (QED) is 0.579. The first kappa shape index (κ1) is 13.5. The molecule has 3 nitrogen and oxygen atoms in total. The lowest BCUT2D eigenvalue weighted by Crippen LogP contribution is -2.00. The van der Waals surface area contributed by atoms with Crippen molar-refractivity contribution in [2.45, 2.75) is 26.2 Å². The maximum Gasteiger partial charge on any atom is 0.138 e. The molecule has 1 aromatic rings. The molecular formula is C12H19NO2. The van der Waals surface area contributed by atoms with Crippen LogP contribution in [0.3, 0.4) is 0 Å². The summed E-state index contributed by atoms with van der Waals surface area (Å²) >= 11 is 0. The molecule has 0 heterocycles. The van der Waals surface area contributed by atoms with E-state index in [1.807, 2.05) is 25.0 Å². The van der Waals surface area contributed by atoms with Crippen molar-refractivity contribution in [1.29, 1.82) is 0 Å². The Balaban J connectivity index is 0.000000921. The molecule has 2 N–H and O–H groups in total. The zero-order chi connectivity index (χ0) is 11.5. The van der Waals surface area contributed by atoms with E-state index in [0.29, 0.717) is 5.75 Å². The summed E-state index contributed by atoms with van der Waals surface area (Å²) in [6, 6.07) is 7.33. The second-order valence-electron chi connectivity index (χ2n) is 3.15. The van der Waals surface area contributed by atoms with Gasteiger partial charge in [0, 0.05) is 6.54 Å². The number of phenolic OH excluding ortho intramolecular Hbond substituents is 1. The van der Waals surface area contributed by atoms with Crippen LogP contribution in [0, 0.1) is 0 Å². The number of phenols is 1. The molecule has 0 saturated heterocycles. The normalized spacial score (nSPS) is 8.87. The monoisotopic (exact) mass is 209 g/mol. The number of benzene rings is 1. The number of aromatic hydroxyl groups is 1. The maximum atomic E-state index is 9.40. The molecule has 0 atom stereocenters. The van der Waals surface area contributed by atoms with Gasteiger partial charge in [-0.2, -0.15) is 0 Å². The highest BCUT2D eigenvalue weighted by atomic mass is 16.3. The van der Waals surface area contributed by atoms with Crippen molar-refractivity contribution in [3.63, 3.8) is 0 Å². The molecule has 0 bridgehead atoms. The summed E-state index contributed by atoms with van der Waals surface area (Å²) < 4.78 is 0. The number of para-hydroxylation sites is 2. The first-order valence-corrected chi connectivity index (χ1v) is 5.15. The molecule has 0 fully saturated rings. The number of rotatable bonds is 5. The van der Waals surface area contributed by atoms with Crippen LogP contribution in [-0.2, 0) is 4.79 Å². The topological polar surface area (TPSA) is 49.3 Å². The van der Waals surface area contributed by atoms with Crippen LogP contribution in [0.25, 0.3) is 0 Å². The highest BCUT2D eigenvalue weighted by Crippen LogP contribution is 2.21. The van der Waals surface area contributed by atoms with E-state index >= 15 is 0 Å². The summed E-state index contributed by atoms with van der Waals surface area (Å²) in [5.41, 5.74) is 0.832. The summed E-state index contributed by atoms with van der Waals surface area (Å²) in [4.78, 5) is 8.00. The molecule has 0 aliphatic carbocycles. The fourth-order valence-electron chi connectivity index (χ4n) is 1.22. The van der Waals surface area contributed by atoms with Crippen LogP contribution in [-0.4, -0.2) is 18.4 Å². The predicted octanol–water partition coefficient (Wildman–Crippen LogP) is 2.81. The third-order valence-corrected chi connectivity index (χ3v) is 2.00. The van der Waals surface area contributed by atoms with Crippen molar-refractivity contribution in [2.75, 3.05) is 11.9 Å². The molecule has 1 rings (SSSR count). The second kappa shape index (κ2) is 9.06. The maximum absolute atomic E-state index is 9.40. The van der Waals surface area contributed by atoms with Gasteiger partial charge >= 0.3 is 0 Å². The number of anilines is 1. The fourth-order valence-corrected chi connectivity index (χ4v) is 1.22. The molecule has 3 heteroatoms. The van der Waals surface area contributed by atoms with Crippen molar-refractivity contribution < 1.29 is 9.90 Å². The molecule has 0 radical (unpaired) electrons. The molecule has 0 aliphatic heterocycles. The van der Waals surface area contributed by atoms with E-state index in [-0.39, 0.29) is 0 Å². The summed E-state index contributed by atoms with van der Waals surface area (Å²) in [5.74, 6) is 0.332. The van der Waals surface area contributed by atoms with Gasteiger partial charge in [-0.3, -0.25) is 0 Å². The van der Waals surface area contributed by atoms with E-state index in [0.717, 1.165) is 18.7 Å². The first-order chi connectivity index (χ1) is 7.34. The molecule has 0 unspecified atom stereocenters. The molecule has 0 aliphatic rings. The van der Waals surface area contributed by atoms with Gasteiger partial charge in [0.1, 0.15) is 12.5 Å². The van der Waals surface area contributed by atoms with Gasteiger partial charge in [-0.25, -0.2) is 0 Å². The Morgan fingerprint density at radius 1 is 1.27 bits per heavy atom. The van der Waals surface area contributed by atoms with Crippen molar-refractivity contribution >= 4 is 12.5 Å². The smallest absolute Gasteiger partial charge is 0.138 e. The average molecular weight is 209 g/mol. The first-order valence-electron chi connectivity index (χ1n) is 5.15. The van der Waals surface area contributed by atoms with Crippen LogP contribution < -0.4 is 5.32 Å². The Hall–Kier alpha value is -1.51. The highest BCUT2D eigenvalue weighted by molar-refractivity contribution is 5.54. The molecular weight excluding hydrogens is 190 g/mol. The Morgan fingerprint density at radius 3 is 2.53 bits per heavy atom. The number of nitrogens with one attached hydrogen (secondary N) is 1. The van der Waals surface area contributed by atoms with E-state index in [1.54, 1.807) is 6.07 Å². The third-order valence-electron chi connectivity index (χ3n) is 2.00. The molecule has 0 spiro atoms. The number of hydrogen-bond acceptors (Lipinski definition) is 3. The highest BCUT2D eigenvalue weighted by Gasteiger charge is 1.96. The zero-order valence-electron chi connectivity index (χ0n) is 9.20.